The molecule has 3 N–H and O–H groups in total. The predicted octanol–water partition coefficient (Wildman–Crippen LogP) is 2.25. The molecule has 1 aliphatic rings. The smallest absolute Gasteiger partial charge is 0.271 e. The highest BCUT2D eigenvalue weighted by atomic mass is 35.5. The summed E-state index contributed by atoms with van der Waals surface area (Å²) in [5.41, 5.74) is 7.10. The molecular formula is C17H24Cl2N4O2S. The zero-order valence-electron chi connectivity index (χ0n) is 14.3. The molecule has 1 atom stereocenters. The van der Waals surface area contributed by atoms with Crippen molar-refractivity contribution in [2.45, 2.75) is 12.6 Å². The number of carbonyl (C=O) groups excluding carboxylic acids is 1. The number of nitrogens with zero attached hydrogens (tertiary/aromatic N) is 2. The molecule has 6 nitrogen and oxygen atoms in total. The van der Waals surface area contributed by atoms with Gasteiger partial charge in [-0.2, -0.15) is 0 Å². The Labute approximate surface area is 169 Å². The summed E-state index contributed by atoms with van der Waals surface area (Å²) >= 11 is 1.41. The number of hydrogen-bond acceptors (Lipinski definition) is 6. The number of ether oxygens (including phenoxy) is 1. The fourth-order valence-electron chi connectivity index (χ4n) is 2.70. The fraction of sp³-hybridized carbons (Fsp3) is 0.412. The Kier molecular flexibility index (Phi) is 10.1. The Morgan fingerprint density at radius 1 is 1.27 bits per heavy atom. The summed E-state index contributed by atoms with van der Waals surface area (Å²) in [6.07, 6.45) is 0. The van der Waals surface area contributed by atoms with Gasteiger partial charge in [-0.25, -0.2) is 4.98 Å². The van der Waals surface area contributed by atoms with Gasteiger partial charge in [-0.3, -0.25) is 9.69 Å². The highest BCUT2D eigenvalue weighted by Crippen LogP contribution is 2.17. The number of benzene rings is 1. The van der Waals surface area contributed by atoms with Crippen molar-refractivity contribution >= 4 is 42.1 Å². The number of hydrogen-bond donors (Lipinski definition) is 2. The van der Waals surface area contributed by atoms with Gasteiger partial charge in [0.05, 0.1) is 19.3 Å². The first-order valence-electron chi connectivity index (χ1n) is 8.06. The Morgan fingerprint density at radius 3 is 2.58 bits per heavy atom. The lowest BCUT2D eigenvalue weighted by atomic mass is 10.1. The maximum absolute atomic E-state index is 12.5. The molecular weight excluding hydrogens is 395 g/mol. The zero-order chi connectivity index (χ0) is 16.8. The molecule has 3 rings (SSSR count). The van der Waals surface area contributed by atoms with Crippen LogP contribution in [-0.2, 0) is 11.3 Å². The molecule has 0 radical (unpaired) electrons. The van der Waals surface area contributed by atoms with Gasteiger partial charge in [0.1, 0.15) is 10.7 Å². The summed E-state index contributed by atoms with van der Waals surface area (Å²) in [6, 6.07) is 9.95. The number of halogens is 2. The van der Waals surface area contributed by atoms with E-state index < -0.39 is 0 Å². The second-order valence-corrected chi connectivity index (χ2v) is 6.62. The summed E-state index contributed by atoms with van der Waals surface area (Å²) in [4.78, 5) is 19.1. The third-order valence-electron chi connectivity index (χ3n) is 4.01. The van der Waals surface area contributed by atoms with Gasteiger partial charge in [0.2, 0.25) is 0 Å². The van der Waals surface area contributed by atoms with Crippen LogP contribution in [0.25, 0.3) is 0 Å². The molecule has 2 heterocycles. The largest absolute Gasteiger partial charge is 0.379 e. The normalized spacial score (nSPS) is 15.4. The van der Waals surface area contributed by atoms with Gasteiger partial charge in [-0.15, -0.1) is 36.2 Å². The van der Waals surface area contributed by atoms with E-state index in [-0.39, 0.29) is 36.8 Å². The molecule has 1 aromatic heterocycles. The van der Waals surface area contributed by atoms with E-state index in [4.69, 9.17) is 10.5 Å². The van der Waals surface area contributed by atoms with E-state index in [0.29, 0.717) is 12.2 Å². The van der Waals surface area contributed by atoms with Crippen molar-refractivity contribution in [2.24, 2.45) is 5.73 Å². The molecule has 144 valence electrons. The van der Waals surface area contributed by atoms with Gasteiger partial charge in [-0.1, -0.05) is 30.3 Å². The maximum Gasteiger partial charge on any atom is 0.271 e. The molecule has 26 heavy (non-hydrogen) atoms. The van der Waals surface area contributed by atoms with E-state index in [9.17, 15) is 4.79 Å². The van der Waals surface area contributed by atoms with Crippen LogP contribution in [0.5, 0.6) is 0 Å². The van der Waals surface area contributed by atoms with Crippen LogP contribution in [0, 0.1) is 0 Å². The third kappa shape index (κ3) is 6.19. The number of rotatable bonds is 6. The number of nitrogens with one attached hydrogen (secondary N) is 1. The van der Waals surface area contributed by atoms with Crippen molar-refractivity contribution in [1.82, 2.24) is 15.2 Å². The van der Waals surface area contributed by atoms with Crippen LogP contribution < -0.4 is 11.1 Å². The molecule has 0 saturated carbocycles. The van der Waals surface area contributed by atoms with E-state index in [2.05, 4.69) is 15.2 Å². The summed E-state index contributed by atoms with van der Waals surface area (Å²) < 4.78 is 5.40. The van der Waals surface area contributed by atoms with Gasteiger partial charge in [0, 0.05) is 31.6 Å². The van der Waals surface area contributed by atoms with Gasteiger partial charge in [0.15, 0.2) is 0 Å². The highest BCUT2D eigenvalue weighted by molar-refractivity contribution is 7.09. The first-order chi connectivity index (χ1) is 11.8. The maximum atomic E-state index is 12.5. The molecule has 1 unspecified atom stereocenters. The minimum atomic E-state index is -0.159. The van der Waals surface area contributed by atoms with Crippen molar-refractivity contribution in [3.63, 3.8) is 0 Å². The monoisotopic (exact) mass is 418 g/mol. The third-order valence-corrected chi connectivity index (χ3v) is 4.88. The SMILES string of the molecule is Cl.Cl.NCc1nc(C(=O)NC(CN2CCOCC2)c2ccccc2)cs1. The fourth-order valence-corrected chi connectivity index (χ4v) is 3.36. The summed E-state index contributed by atoms with van der Waals surface area (Å²) in [6.45, 7) is 4.35. The summed E-state index contributed by atoms with van der Waals surface area (Å²) in [5, 5.41) is 5.64. The molecule has 1 fully saturated rings. The van der Waals surface area contributed by atoms with Crippen LogP contribution in [-0.4, -0.2) is 48.6 Å². The van der Waals surface area contributed by atoms with E-state index >= 15 is 0 Å². The Hall–Kier alpha value is -1.22. The molecule has 9 heteroatoms. The molecule has 2 aromatic rings. The van der Waals surface area contributed by atoms with Crippen molar-refractivity contribution in [2.75, 3.05) is 32.8 Å². The summed E-state index contributed by atoms with van der Waals surface area (Å²) in [5.74, 6) is -0.159. The lowest BCUT2D eigenvalue weighted by Gasteiger charge is -2.31. The van der Waals surface area contributed by atoms with E-state index in [1.165, 1.54) is 11.3 Å². The van der Waals surface area contributed by atoms with Crippen LogP contribution >= 0.6 is 36.2 Å². The van der Waals surface area contributed by atoms with E-state index in [1.54, 1.807) is 5.38 Å². The first-order valence-corrected chi connectivity index (χ1v) is 8.94. The molecule has 1 aromatic carbocycles. The second kappa shape index (κ2) is 11.5. The van der Waals surface area contributed by atoms with Crippen LogP contribution in [0.1, 0.15) is 27.1 Å². The quantitative estimate of drug-likeness (QED) is 0.751. The van der Waals surface area contributed by atoms with E-state index in [0.717, 1.165) is 43.4 Å². The van der Waals surface area contributed by atoms with Gasteiger partial charge < -0.3 is 15.8 Å². The Balaban J connectivity index is 0.00000169. The van der Waals surface area contributed by atoms with Gasteiger partial charge >= 0.3 is 0 Å². The molecule has 0 spiro atoms. The molecule has 1 saturated heterocycles. The topological polar surface area (TPSA) is 80.5 Å². The number of nitrogens with two attached hydrogens (primary N) is 1. The summed E-state index contributed by atoms with van der Waals surface area (Å²) in [7, 11) is 0. The van der Waals surface area contributed by atoms with Gasteiger partial charge in [0.25, 0.3) is 5.91 Å². The minimum Gasteiger partial charge on any atom is -0.379 e. The standard InChI is InChI=1S/C17H22N4O2S.2ClH/c18-10-16-19-15(12-24-16)17(22)20-14(13-4-2-1-3-5-13)11-21-6-8-23-9-7-21;;/h1-5,12,14H,6-11,18H2,(H,20,22);2*1H. The van der Waals surface area contributed by atoms with Crippen molar-refractivity contribution in [1.29, 1.82) is 0 Å². The second-order valence-electron chi connectivity index (χ2n) is 5.68. The molecule has 0 bridgehead atoms. The number of aromatic nitrogens is 1. The van der Waals surface area contributed by atoms with Crippen LogP contribution in [0.3, 0.4) is 0 Å². The van der Waals surface area contributed by atoms with Gasteiger partial charge in [-0.05, 0) is 5.56 Å². The van der Waals surface area contributed by atoms with Crippen molar-refractivity contribution in [3.05, 3.63) is 52.0 Å². The predicted molar refractivity (Wildman–Crippen MR) is 108 cm³/mol. The first kappa shape index (κ1) is 22.8. The van der Waals surface area contributed by atoms with Crippen molar-refractivity contribution in [3.8, 4) is 0 Å². The molecule has 0 aliphatic carbocycles. The Bertz CT molecular complexity index is 666. The van der Waals surface area contributed by atoms with Crippen LogP contribution in [0.4, 0.5) is 0 Å². The minimum absolute atomic E-state index is 0. The lowest BCUT2D eigenvalue weighted by Crippen LogP contribution is -2.43. The number of amides is 1. The molecule has 1 aliphatic heterocycles. The number of thiazole rings is 1. The molecule has 1 amide bonds. The number of carbonyl (C=O) groups is 1. The van der Waals surface area contributed by atoms with Crippen LogP contribution in [0.15, 0.2) is 35.7 Å². The Morgan fingerprint density at radius 2 is 1.96 bits per heavy atom. The highest BCUT2D eigenvalue weighted by Gasteiger charge is 2.21. The average molecular weight is 419 g/mol. The van der Waals surface area contributed by atoms with Crippen LogP contribution in [0.2, 0.25) is 0 Å². The average Bonchev–Trinajstić information content (AvgIpc) is 3.12. The van der Waals surface area contributed by atoms with E-state index in [1.807, 2.05) is 30.3 Å². The zero-order valence-corrected chi connectivity index (χ0v) is 16.7. The van der Waals surface area contributed by atoms with Crippen molar-refractivity contribution < 1.29 is 9.53 Å². The lowest BCUT2D eigenvalue weighted by molar-refractivity contribution is 0.0332. The number of morpholine rings is 1.